The molecule has 1 aliphatic carbocycles. The largest absolute Gasteiger partial charge is 0.459 e. The number of hydrogen-bond acceptors (Lipinski definition) is 5. The summed E-state index contributed by atoms with van der Waals surface area (Å²) < 4.78 is 5.20. The van der Waals surface area contributed by atoms with Crippen LogP contribution in [-0.2, 0) is 6.54 Å². The zero-order chi connectivity index (χ0) is 13.2. The summed E-state index contributed by atoms with van der Waals surface area (Å²) in [4.78, 5) is 16.5. The highest BCUT2D eigenvalue weighted by Gasteiger charge is 2.31. The van der Waals surface area contributed by atoms with E-state index in [1.165, 1.54) is 12.8 Å². The third kappa shape index (κ3) is 2.80. The van der Waals surface area contributed by atoms with E-state index in [0.717, 1.165) is 44.3 Å². The van der Waals surface area contributed by atoms with Crippen LogP contribution in [0.1, 0.15) is 29.0 Å². The van der Waals surface area contributed by atoms with Crippen molar-refractivity contribution >= 4 is 5.91 Å². The van der Waals surface area contributed by atoms with Gasteiger partial charge in [-0.05, 0) is 18.9 Å². The molecule has 6 nitrogen and oxygen atoms in total. The smallest absolute Gasteiger partial charge is 0.301 e. The number of nitrogens with one attached hydrogen (secondary N) is 1. The van der Waals surface area contributed by atoms with Crippen molar-refractivity contribution in [3.8, 4) is 0 Å². The molecule has 1 aliphatic heterocycles. The fourth-order valence-electron chi connectivity index (χ4n) is 2.69. The molecule has 1 saturated heterocycles. The van der Waals surface area contributed by atoms with E-state index in [0.29, 0.717) is 5.76 Å². The number of hydrogen-bond donors (Lipinski definition) is 2. The van der Waals surface area contributed by atoms with Crippen molar-refractivity contribution < 1.29 is 9.21 Å². The molecule has 6 heteroatoms. The van der Waals surface area contributed by atoms with E-state index >= 15 is 0 Å². The molecule has 2 fully saturated rings. The van der Waals surface area contributed by atoms with Gasteiger partial charge >= 0.3 is 5.91 Å². The summed E-state index contributed by atoms with van der Waals surface area (Å²) in [6.45, 7) is 5.09. The van der Waals surface area contributed by atoms with Crippen molar-refractivity contribution in [1.29, 1.82) is 0 Å². The molecule has 1 aromatic rings. The summed E-state index contributed by atoms with van der Waals surface area (Å²) in [6.07, 6.45) is 4.27. The Morgan fingerprint density at radius 1 is 1.37 bits per heavy atom. The van der Waals surface area contributed by atoms with E-state index < -0.39 is 0 Å². The van der Waals surface area contributed by atoms with E-state index in [9.17, 15) is 4.79 Å². The standard InChI is InChI=1S/C13H20N4O2/c14-15-13(18)12-10(3-8-19-12)9-16-4-6-17(7-5-16)11-1-2-11/h3,8,11H,1-2,4-7,9,14H2,(H,15,18). The van der Waals surface area contributed by atoms with E-state index in [1.807, 2.05) is 6.07 Å². The highest BCUT2D eigenvalue weighted by molar-refractivity contribution is 5.92. The van der Waals surface area contributed by atoms with Gasteiger partial charge in [0.25, 0.3) is 0 Å². The Morgan fingerprint density at radius 2 is 2.11 bits per heavy atom. The SMILES string of the molecule is NNC(=O)c1occc1CN1CCN(C2CC2)CC1. The summed E-state index contributed by atoms with van der Waals surface area (Å²) in [5, 5.41) is 0. The quantitative estimate of drug-likeness (QED) is 0.460. The fraction of sp³-hybridized carbons (Fsp3) is 0.615. The molecule has 1 amide bonds. The van der Waals surface area contributed by atoms with Gasteiger partial charge in [0.1, 0.15) is 0 Å². The predicted octanol–water partition coefficient (Wildman–Crippen LogP) is 0.163. The van der Waals surface area contributed by atoms with Crippen LogP contribution in [0.5, 0.6) is 0 Å². The highest BCUT2D eigenvalue weighted by atomic mass is 16.3. The maximum absolute atomic E-state index is 11.5. The van der Waals surface area contributed by atoms with E-state index in [1.54, 1.807) is 6.26 Å². The number of nitrogens with two attached hydrogens (primary N) is 1. The van der Waals surface area contributed by atoms with Crippen LogP contribution >= 0.6 is 0 Å². The van der Waals surface area contributed by atoms with Gasteiger partial charge in [-0.2, -0.15) is 0 Å². The van der Waals surface area contributed by atoms with Crippen LogP contribution in [-0.4, -0.2) is 47.9 Å². The first kappa shape index (κ1) is 12.7. The second-order valence-electron chi connectivity index (χ2n) is 5.29. The number of nitrogens with zero attached hydrogens (tertiary/aromatic N) is 2. The van der Waals surface area contributed by atoms with Crippen LogP contribution in [0.15, 0.2) is 16.7 Å². The van der Waals surface area contributed by atoms with E-state index in [-0.39, 0.29) is 5.91 Å². The Hall–Kier alpha value is -1.37. The van der Waals surface area contributed by atoms with Gasteiger partial charge in [0.05, 0.1) is 6.26 Å². The summed E-state index contributed by atoms with van der Waals surface area (Å²) in [5.74, 6) is 5.11. The summed E-state index contributed by atoms with van der Waals surface area (Å²) >= 11 is 0. The van der Waals surface area contributed by atoms with Crippen LogP contribution in [0.25, 0.3) is 0 Å². The molecule has 3 N–H and O–H groups in total. The molecule has 1 aromatic heterocycles. The van der Waals surface area contributed by atoms with Gasteiger partial charge in [0.15, 0.2) is 5.76 Å². The van der Waals surface area contributed by atoms with Crippen molar-refractivity contribution in [1.82, 2.24) is 15.2 Å². The number of nitrogen functional groups attached to an aromatic ring is 1. The van der Waals surface area contributed by atoms with E-state index in [2.05, 4.69) is 15.2 Å². The van der Waals surface area contributed by atoms with Crippen LogP contribution in [0.3, 0.4) is 0 Å². The first-order chi connectivity index (χ1) is 9.28. The predicted molar refractivity (Wildman–Crippen MR) is 70.2 cm³/mol. The monoisotopic (exact) mass is 264 g/mol. The lowest BCUT2D eigenvalue weighted by Gasteiger charge is -2.34. The van der Waals surface area contributed by atoms with Crippen molar-refractivity contribution in [3.63, 3.8) is 0 Å². The molecular weight excluding hydrogens is 244 g/mol. The summed E-state index contributed by atoms with van der Waals surface area (Å²) in [5.41, 5.74) is 3.02. The molecule has 0 spiro atoms. The number of carbonyl (C=O) groups is 1. The first-order valence-corrected chi connectivity index (χ1v) is 6.81. The van der Waals surface area contributed by atoms with Gasteiger partial charge in [-0.15, -0.1) is 0 Å². The van der Waals surface area contributed by atoms with Gasteiger partial charge in [-0.1, -0.05) is 0 Å². The highest BCUT2D eigenvalue weighted by Crippen LogP contribution is 2.27. The van der Waals surface area contributed by atoms with Crippen LogP contribution in [0.4, 0.5) is 0 Å². The van der Waals surface area contributed by atoms with Gasteiger partial charge in [0.2, 0.25) is 0 Å². The number of furan rings is 1. The number of piperazine rings is 1. The maximum atomic E-state index is 11.5. The zero-order valence-corrected chi connectivity index (χ0v) is 11.0. The summed E-state index contributed by atoms with van der Waals surface area (Å²) in [6, 6.07) is 2.69. The van der Waals surface area contributed by atoms with E-state index in [4.69, 9.17) is 10.3 Å². The third-order valence-corrected chi connectivity index (χ3v) is 3.95. The summed E-state index contributed by atoms with van der Waals surface area (Å²) in [7, 11) is 0. The van der Waals surface area contributed by atoms with Crippen LogP contribution in [0, 0.1) is 0 Å². The minimum atomic E-state index is -0.364. The zero-order valence-electron chi connectivity index (χ0n) is 11.0. The first-order valence-electron chi connectivity index (χ1n) is 6.81. The Balaban J connectivity index is 1.57. The number of hydrazine groups is 1. The van der Waals surface area contributed by atoms with Crippen LogP contribution in [0.2, 0.25) is 0 Å². The molecule has 2 heterocycles. The minimum absolute atomic E-state index is 0.326. The van der Waals surface area contributed by atoms with Gasteiger partial charge in [-0.25, -0.2) is 5.84 Å². The molecule has 19 heavy (non-hydrogen) atoms. The number of rotatable bonds is 4. The Bertz CT molecular complexity index is 447. The molecule has 0 unspecified atom stereocenters. The molecule has 104 valence electrons. The lowest BCUT2D eigenvalue weighted by Crippen LogP contribution is -2.46. The molecule has 0 radical (unpaired) electrons. The topological polar surface area (TPSA) is 74.7 Å². The second-order valence-corrected chi connectivity index (χ2v) is 5.29. The number of carbonyl (C=O) groups excluding carboxylic acids is 1. The van der Waals surface area contributed by atoms with Crippen LogP contribution < -0.4 is 11.3 Å². The molecule has 2 aliphatic rings. The van der Waals surface area contributed by atoms with Crippen molar-refractivity contribution in [2.45, 2.75) is 25.4 Å². The average molecular weight is 264 g/mol. The molecule has 0 aromatic carbocycles. The average Bonchev–Trinajstić information content (AvgIpc) is 3.19. The lowest BCUT2D eigenvalue weighted by molar-refractivity contribution is 0.0918. The fourth-order valence-corrected chi connectivity index (χ4v) is 2.69. The Morgan fingerprint density at radius 3 is 2.74 bits per heavy atom. The second kappa shape index (κ2) is 5.32. The van der Waals surface area contributed by atoms with Gasteiger partial charge < -0.3 is 4.42 Å². The lowest BCUT2D eigenvalue weighted by atomic mass is 10.2. The molecule has 3 rings (SSSR count). The molecule has 1 saturated carbocycles. The minimum Gasteiger partial charge on any atom is -0.459 e. The third-order valence-electron chi connectivity index (χ3n) is 3.95. The van der Waals surface area contributed by atoms with Crippen molar-refractivity contribution in [2.75, 3.05) is 26.2 Å². The molecule has 0 bridgehead atoms. The van der Waals surface area contributed by atoms with Crippen molar-refractivity contribution in [3.05, 3.63) is 23.7 Å². The maximum Gasteiger partial charge on any atom is 0.301 e. The molecular formula is C13H20N4O2. The number of amides is 1. The van der Waals surface area contributed by atoms with Crippen molar-refractivity contribution in [2.24, 2.45) is 5.84 Å². The Kier molecular flexibility index (Phi) is 3.54. The normalized spacial score (nSPS) is 21.5. The van der Waals surface area contributed by atoms with Gasteiger partial charge in [0, 0.05) is 44.3 Å². The van der Waals surface area contributed by atoms with Gasteiger partial charge in [-0.3, -0.25) is 20.0 Å². The molecule has 0 atom stereocenters. The Labute approximate surface area is 112 Å².